The molecule has 0 atom stereocenters. The fraction of sp³-hybridized carbons (Fsp3) is 0.250. The molecule has 0 unspecified atom stereocenters. The van der Waals surface area contributed by atoms with Gasteiger partial charge >= 0.3 is 5.97 Å². The average Bonchev–Trinajstić information content (AvgIpc) is 2.86. The lowest BCUT2D eigenvalue weighted by atomic mass is 10.2. The minimum absolute atomic E-state index is 0.0956. The molecular weight excluding hydrogens is 302 g/mol. The van der Waals surface area contributed by atoms with Gasteiger partial charge in [-0.15, -0.1) is 11.8 Å². The number of aryl methyl sites for hydroxylation is 1. The first kappa shape index (κ1) is 16.2. The molecule has 116 valence electrons. The second-order valence-corrected chi connectivity index (χ2v) is 5.72. The van der Waals surface area contributed by atoms with Crippen molar-refractivity contribution < 1.29 is 18.7 Å². The molecule has 6 heteroatoms. The Kier molecular flexibility index (Phi) is 5.27. The predicted octanol–water partition coefficient (Wildman–Crippen LogP) is 3.63. The summed E-state index contributed by atoms with van der Waals surface area (Å²) in [5, 5.41) is 2.72. The van der Waals surface area contributed by atoms with Crippen molar-refractivity contribution in [2.45, 2.75) is 24.5 Å². The Balaban J connectivity index is 1.98. The Morgan fingerprint density at radius 2 is 1.95 bits per heavy atom. The molecule has 1 N–H and O–H groups in total. The summed E-state index contributed by atoms with van der Waals surface area (Å²) in [6.07, 6.45) is 0. The molecule has 0 saturated carbocycles. The van der Waals surface area contributed by atoms with E-state index in [1.165, 1.54) is 14.0 Å². The first-order valence-corrected chi connectivity index (χ1v) is 7.66. The van der Waals surface area contributed by atoms with Crippen LogP contribution in [0.15, 0.2) is 39.6 Å². The summed E-state index contributed by atoms with van der Waals surface area (Å²) in [6, 6.07) is 9.24. The Bertz CT molecular complexity index is 676. The van der Waals surface area contributed by atoms with Crippen molar-refractivity contribution >= 4 is 29.3 Å². The van der Waals surface area contributed by atoms with E-state index in [0.717, 1.165) is 10.6 Å². The average molecular weight is 319 g/mol. The SMILES string of the molecule is COC(=O)c1cc(CSc2ccc(NC(C)=O)cc2)oc1C. The second kappa shape index (κ2) is 7.17. The molecule has 1 aromatic heterocycles. The third-order valence-electron chi connectivity index (χ3n) is 2.93. The largest absolute Gasteiger partial charge is 0.465 e. The van der Waals surface area contributed by atoms with Gasteiger partial charge in [-0.3, -0.25) is 4.79 Å². The quantitative estimate of drug-likeness (QED) is 0.673. The number of hydrogen-bond donors (Lipinski definition) is 1. The Hall–Kier alpha value is -2.21. The summed E-state index contributed by atoms with van der Waals surface area (Å²) in [7, 11) is 1.35. The number of benzene rings is 1. The summed E-state index contributed by atoms with van der Waals surface area (Å²) in [4.78, 5) is 23.5. The number of hydrogen-bond acceptors (Lipinski definition) is 5. The number of carbonyl (C=O) groups is 2. The number of furan rings is 1. The van der Waals surface area contributed by atoms with Crippen LogP contribution in [0.5, 0.6) is 0 Å². The van der Waals surface area contributed by atoms with Crippen LogP contribution >= 0.6 is 11.8 Å². The second-order valence-electron chi connectivity index (χ2n) is 4.67. The molecular formula is C16H17NO4S. The number of esters is 1. The molecule has 0 bridgehead atoms. The zero-order valence-electron chi connectivity index (χ0n) is 12.6. The lowest BCUT2D eigenvalue weighted by Gasteiger charge is -2.03. The third kappa shape index (κ3) is 4.14. The number of thioether (sulfide) groups is 1. The maximum atomic E-state index is 11.5. The molecule has 5 nitrogen and oxygen atoms in total. The van der Waals surface area contributed by atoms with E-state index >= 15 is 0 Å². The zero-order chi connectivity index (χ0) is 16.1. The minimum Gasteiger partial charge on any atom is -0.465 e. The van der Waals surface area contributed by atoms with Crippen molar-refractivity contribution in [3.05, 3.63) is 47.4 Å². The maximum absolute atomic E-state index is 11.5. The van der Waals surface area contributed by atoms with Gasteiger partial charge in [-0.05, 0) is 37.3 Å². The van der Waals surface area contributed by atoms with Gasteiger partial charge in [0.25, 0.3) is 0 Å². The van der Waals surface area contributed by atoms with Gasteiger partial charge in [0.15, 0.2) is 0 Å². The Morgan fingerprint density at radius 3 is 2.55 bits per heavy atom. The van der Waals surface area contributed by atoms with Crippen LogP contribution in [0.3, 0.4) is 0 Å². The van der Waals surface area contributed by atoms with Crippen LogP contribution in [-0.4, -0.2) is 19.0 Å². The van der Waals surface area contributed by atoms with Crippen LogP contribution in [0.2, 0.25) is 0 Å². The van der Waals surface area contributed by atoms with Crippen LogP contribution in [-0.2, 0) is 15.3 Å². The van der Waals surface area contributed by atoms with E-state index in [4.69, 9.17) is 9.15 Å². The molecule has 1 aromatic carbocycles. The summed E-state index contributed by atoms with van der Waals surface area (Å²) < 4.78 is 10.3. The molecule has 1 heterocycles. The van der Waals surface area contributed by atoms with Gasteiger partial charge in [0.1, 0.15) is 17.1 Å². The number of anilines is 1. The topological polar surface area (TPSA) is 68.5 Å². The van der Waals surface area contributed by atoms with E-state index in [1.54, 1.807) is 24.8 Å². The highest BCUT2D eigenvalue weighted by Crippen LogP contribution is 2.26. The molecule has 0 aliphatic heterocycles. The maximum Gasteiger partial charge on any atom is 0.341 e. The van der Waals surface area contributed by atoms with Crippen molar-refractivity contribution in [1.82, 2.24) is 0 Å². The van der Waals surface area contributed by atoms with Gasteiger partial charge in [0.2, 0.25) is 5.91 Å². The predicted molar refractivity (Wildman–Crippen MR) is 85.1 cm³/mol. The van der Waals surface area contributed by atoms with Gasteiger partial charge in [0.05, 0.1) is 12.9 Å². The van der Waals surface area contributed by atoms with E-state index < -0.39 is 5.97 Å². The summed E-state index contributed by atoms with van der Waals surface area (Å²) >= 11 is 1.58. The first-order valence-electron chi connectivity index (χ1n) is 6.67. The smallest absolute Gasteiger partial charge is 0.341 e. The molecule has 0 spiro atoms. The molecule has 22 heavy (non-hydrogen) atoms. The number of nitrogens with one attached hydrogen (secondary N) is 1. The third-order valence-corrected chi connectivity index (χ3v) is 3.96. The molecule has 0 saturated heterocycles. The number of carbonyl (C=O) groups excluding carboxylic acids is 2. The molecule has 0 fully saturated rings. The fourth-order valence-corrected chi connectivity index (χ4v) is 2.70. The van der Waals surface area contributed by atoms with E-state index in [-0.39, 0.29) is 5.91 Å². The lowest BCUT2D eigenvalue weighted by molar-refractivity contribution is -0.114. The van der Waals surface area contributed by atoms with Crippen LogP contribution in [0.1, 0.15) is 28.8 Å². The van der Waals surface area contributed by atoms with Crippen LogP contribution < -0.4 is 5.32 Å². The van der Waals surface area contributed by atoms with Crippen LogP contribution in [0, 0.1) is 6.92 Å². The number of amides is 1. The number of methoxy groups -OCH3 is 1. The fourth-order valence-electron chi connectivity index (χ4n) is 1.92. The summed E-state index contributed by atoms with van der Waals surface area (Å²) in [5.74, 6) is 1.40. The Morgan fingerprint density at radius 1 is 1.27 bits per heavy atom. The van der Waals surface area contributed by atoms with Gasteiger partial charge in [-0.1, -0.05) is 0 Å². The van der Waals surface area contributed by atoms with Crippen molar-refractivity contribution in [2.75, 3.05) is 12.4 Å². The summed E-state index contributed by atoms with van der Waals surface area (Å²) in [6.45, 7) is 3.21. The van der Waals surface area contributed by atoms with E-state index in [9.17, 15) is 9.59 Å². The van der Waals surface area contributed by atoms with Gasteiger partial charge in [-0.25, -0.2) is 4.79 Å². The van der Waals surface area contributed by atoms with Crippen molar-refractivity contribution in [3.63, 3.8) is 0 Å². The summed E-state index contributed by atoms with van der Waals surface area (Å²) in [5.41, 5.74) is 1.22. The van der Waals surface area contributed by atoms with E-state index in [0.29, 0.717) is 22.8 Å². The molecule has 0 aliphatic carbocycles. The number of rotatable bonds is 5. The molecule has 0 radical (unpaired) electrons. The van der Waals surface area contributed by atoms with Crippen molar-refractivity contribution in [3.8, 4) is 0 Å². The van der Waals surface area contributed by atoms with Crippen molar-refractivity contribution in [1.29, 1.82) is 0 Å². The first-order chi connectivity index (χ1) is 10.5. The monoisotopic (exact) mass is 319 g/mol. The van der Waals surface area contributed by atoms with Gasteiger partial charge in [0, 0.05) is 17.5 Å². The highest BCUT2D eigenvalue weighted by atomic mass is 32.2. The molecule has 0 aliphatic rings. The zero-order valence-corrected chi connectivity index (χ0v) is 13.5. The lowest BCUT2D eigenvalue weighted by Crippen LogP contribution is -2.05. The molecule has 1 amide bonds. The minimum atomic E-state index is -0.392. The van der Waals surface area contributed by atoms with Crippen LogP contribution in [0.4, 0.5) is 5.69 Å². The highest BCUT2D eigenvalue weighted by molar-refractivity contribution is 7.98. The molecule has 2 rings (SSSR count). The normalized spacial score (nSPS) is 10.3. The van der Waals surface area contributed by atoms with Gasteiger partial charge in [-0.2, -0.15) is 0 Å². The van der Waals surface area contributed by atoms with E-state index in [1.807, 2.05) is 24.3 Å². The van der Waals surface area contributed by atoms with E-state index in [2.05, 4.69) is 5.32 Å². The standard InChI is InChI=1S/C16H17NO4S/c1-10-15(16(19)20-3)8-13(21-10)9-22-14-6-4-12(5-7-14)17-11(2)18/h4-8H,9H2,1-3H3,(H,17,18). The van der Waals surface area contributed by atoms with Gasteiger partial charge < -0.3 is 14.5 Å². The van der Waals surface area contributed by atoms with Crippen LogP contribution in [0.25, 0.3) is 0 Å². The highest BCUT2D eigenvalue weighted by Gasteiger charge is 2.15. The molecule has 2 aromatic rings. The van der Waals surface area contributed by atoms with Crippen molar-refractivity contribution in [2.24, 2.45) is 0 Å². The number of ether oxygens (including phenoxy) is 1. The Labute approximate surface area is 133 Å².